The van der Waals surface area contributed by atoms with Crippen molar-refractivity contribution in [2.24, 2.45) is 0 Å². The number of carbonyl (C=O) groups excluding carboxylic acids is 1. The van der Waals surface area contributed by atoms with Crippen molar-refractivity contribution < 1.29 is 4.79 Å². The number of hydrogen-bond acceptors (Lipinski definition) is 6. The van der Waals surface area contributed by atoms with Gasteiger partial charge in [0.25, 0.3) is 5.95 Å². The first-order chi connectivity index (χ1) is 15.3. The van der Waals surface area contributed by atoms with Crippen LogP contribution in [-0.4, -0.2) is 30.6 Å². The number of halogens is 2. The minimum absolute atomic E-state index is 0.282. The SMILES string of the molecule is Cc1cc(C)n(-c2nnc(SC(C(=O)Nc3cc(Cl)cc(Cl)c3)c3ccccc3)n2N)n1. The van der Waals surface area contributed by atoms with Crippen molar-refractivity contribution in [2.75, 3.05) is 11.2 Å². The van der Waals surface area contributed by atoms with Gasteiger partial charge in [0.05, 0.1) is 5.69 Å². The van der Waals surface area contributed by atoms with E-state index in [1.54, 1.807) is 22.9 Å². The molecule has 0 bridgehead atoms. The molecule has 2 aromatic carbocycles. The molecule has 2 aromatic heterocycles. The molecule has 4 aromatic rings. The highest BCUT2D eigenvalue weighted by Gasteiger charge is 2.26. The molecule has 11 heteroatoms. The van der Waals surface area contributed by atoms with Gasteiger partial charge in [0, 0.05) is 21.4 Å². The van der Waals surface area contributed by atoms with Gasteiger partial charge in [0.1, 0.15) is 5.25 Å². The number of anilines is 1. The summed E-state index contributed by atoms with van der Waals surface area (Å²) in [5.74, 6) is 6.35. The van der Waals surface area contributed by atoms with E-state index in [9.17, 15) is 4.79 Å². The number of nitrogen functional groups attached to an aromatic ring is 1. The normalized spacial score (nSPS) is 12.0. The summed E-state index contributed by atoms with van der Waals surface area (Å²) in [7, 11) is 0. The van der Waals surface area contributed by atoms with Gasteiger partial charge in [0.2, 0.25) is 11.1 Å². The van der Waals surface area contributed by atoms with E-state index >= 15 is 0 Å². The van der Waals surface area contributed by atoms with Crippen LogP contribution in [0.15, 0.2) is 59.8 Å². The van der Waals surface area contributed by atoms with Gasteiger partial charge >= 0.3 is 0 Å². The number of nitrogens with two attached hydrogens (primary N) is 1. The predicted molar refractivity (Wildman–Crippen MR) is 127 cm³/mol. The summed E-state index contributed by atoms with van der Waals surface area (Å²) in [6.45, 7) is 3.78. The van der Waals surface area contributed by atoms with Crippen LogP contribution >= 0.6 is 35.0 Å². The third kappa shape index (κ3) is 4.74. The number of nitrogens with zero attached hydrogens (tertiary/aromatic N) is 5. The highest BCUT2D eigenvalue weighted by atomic mass is 35.5. The van der Waals surface area contributed by atoms with Gasteiger partial charge < -0.3 is 11.2 Å². The summed E-state index contributed by atoms with van der Waals surface area (Å²) < 4.78 is 2.93. The number of aromatic nitrogens is 5. The fraction of sp³-hybridized carbons (Fsp3) is 0.143. The Morgan fingerprint density at radius 1 is 1.06 bits per heavy atom. The monoisotopic (exact) mass is 487 g/mol. The van der Waals surface area contributed by atoms with Crippen molar-refractivity contribution in [3.8, 4) is 5.95 Å². The smallest absolute Gasteiger partial charge is 0.271 e. The van der Waals surface area contributed by atoms with Gasteiger partial charge in [-0.05, 0) is 43.7 Å². The Labute approximate surface area is 198 Å². The molecule has 32 heavy (non-hydrogen) atoms. The molecule has 0 radical (unpaired) electrons. The molecular weight excluding hydrogens is 469 g/mol. The number of aryl methyl sites for hydroxylation is 2. The van der Waals surface area contributed by atoms with Crippen LogP contribution in [-0.2, 0) is 4.79 Å². The third-order valence-electron chi connectivity index (χ3n) is 4.54. The summed E-state index contributed by atoms with van der Waals surface area (Å²) in [4.78, 5) is 13.3. The second-order valence-corrected chi connectivity index (χ2v) is 8.99. The highest BCUT2D eigenvalue weighted by molar-refractivity contribution is 8.00. The predicted octanol–water partition coefficient (Wildman–Crippen LogP) is 4.57. The molecule has 1 unspecified atom stereocenters. The van der Waals surface area contributed by atoms with Crippen LogP contribution in [0.4, 0.5) is 5.69 Å². The zero-order valence-corrected chi connectivity index (χ0v) is 19.5. The molecule has 0 spiro atoms. The van der Waals surface area contributed by atoms with E-state index in [0.29, 0.717) is 26.8 Å². The molecule has 0 aliphatic carbocycles. The lowest BCUT2D eigenvalue weighted by Crippen LogP contribution is -2.21. The molecule has 0 saturated carbocycles. The van der Waals surface area contributed by atoms with Crippen LogP contribution in [0.2, 0.25) is 10.0 Å². The first-order valence-electron chi connectivity index (χ1n) is 9.54. The summed E-state index contributed by atoms with van der Waals surface area (Å²) in [6.07, 6.45) is 0. The fourth-order valence-electron chi connectivity index (χ4n) is 3.17. The van der Waals surface area contributed by atoms with Gasteiger partial charge in [-0.15, -0.1) is 10.2 Å². The zero-order valence-electron chi connectivity index (χ0n) is 17.2. The Kier molecular flexibility index (Phi) is 6.40. The molecule has 164 valence electrons. The lowest BCUT2D eigenvalue weighted by molar-refractivity contribution is -0.115. The maximum absolute atomic E-state index is 13.3. The highest BCUT2D eigenvalue weighted by Crippen LogP contribution is 2.36. The summed E-state index contributed by atoms with van der Waals surface area (Å²) in [6, 6.07) is 16.1. The van der Waals surface area contributed by atoms with E-state index in [2.05, 4.69) is 20.6 Å². The van der Waals surface area contributed by atoms with Gasteiger partial charge in [-0.2, -0.15) is 5.10 Å². The topological polar surface area (TPSA) is 104 Å². The standard InChI is InChI=1S/C21H19Cl2N7OS/c1-12-8-13(2)30(28-12)20-26-27-21(29(20)24)32-18(14-6-4-3-5-7-14)19(31)25-17-10-15(22)9-16(23)11-17/h3-11,18H,24H2,1-2H3,(H,25,31). The lowest BCUT2D eigenvalue weighted by Gasteiger charge is -2.17. The number of carbonyl (C=O) groups is 1. The van der Waals surface area contributed by atoms with E-state index in [-0.39, 0.29) is 5.91 Å². The maximum atomic E-state index is 13.3. The van der Waals surface area contributed by atoms with E-state index in [1.807, 2.05) is 50.2 Å². The molecule has 4 rings (SSSR count). The molecule has 0 fully saturated rings. The first kappa shape index (κ1) is 22.2. The number of thioether (sulfide) groups is 1. The van der Waals surface area contributed by atoms with Crippen LogP contribution in [0.1, 0.15) is 22.2 Å². The van der Waals surface area contributed by atoms with Crippen molar-refractivity contribution in [1.29, 1.82) is 0 Å². The van der Waals surface area contributed by atoms with Gasteiger partial charge in [-0.3, -0.25) is 4.79 Å². The molecule has 1 atom stereocenters. The summed E-state index contributed by atoms with van der Waals surface area (Å²) in [5.41, 5.74) is 2.97. The average molecular weight is 488 g/mol. The fourth-order valence-corrected chi connectivity index (χ4v) is 4.64. The van der Waals surface area contributed by atoms with Crippen molar-refractivity contribution in [3.05, 3.63) is 81.6 Å². The van der Waals surface area contributed by atoms with Crippen LogP contribution in [0, 0.1) is 13.8 Å². The van der Waals surface area contributed by atoms with Crippen LogP contribution < -0.4 is 11.2 Å². The van der Waals surface area contributed by atoms with Crippen molar-refractivity contribution in [3.63, 3.8) is 0 Å². The second-order valence-electron chi connectivity index (χ2n) is 7.05. The number of amides is 1. The molecule has 1 amide bonds. The minimum atomic E-state index is -0.659. The van der Waals surface area contributed by atoms with E-state index in [1.165, 1.54) is 16.4 Å². The van der Waals surface area contributed by atoms with E-state index in [4.69, 9.17) is 29.0 Å². The van der Waals surface area contributed by atoms with Crippen molar-refractivity contribution in [1.82, 2.24) is 24.7 Å². The Balaban J connectivity index is 1.65. The molecule has 0 aliphatic rings. The third-order valence-corrected chi connectivity index (χ3v) is 6.19. The number of hydrogen-bond donors (Lipinski definition) is 2. The molecule has 0 aliphatic heterocycles. The average Bonchev–Trinajstić information content (AvgIpc) is 3.26. The van der Waals surface area contributed by atoms with E-state index in [0.717, 1.165) is 17.0 Å². The Hall–Kier alpha value is -3.01. The maximum Gasteiger partial charge on any atom is 0.271 e. The Bertz CT molecular complexity index is 1250. The van der Waals surface area contributed by atoms with Crippen molar-refractivity contribution in [2.45, 2.75) is 24.3 Å². The molecule has 3 N–H and O–H groups in total. The molecule has 8 nitrogen and oxygen atoms in total. The molecule has 2 heterocycles. The van der Waals surface area contributed by atoms with Crippen molar-refractivity contribution >= 4 is 46.6 Å². The van der Waals surface area contributed by atoms with Gasteiger partial charge in [-0.25, -0.2) is 9.36 Å². The summed E-state index contributed by atoms with van der Waals surface area (Å²) >= 11 is 13.3. The minimum Gasteiger partial charge on any atom is -0.334 e. The quantitative estimate of drug-likeness (QED) is 0.304. The van der Waals surface area contributed by atoms with Gasteiger partial charge in [0.15, 0.2) is 0 Å². The number of benzene rings is 2. The lowest BCUT2D eigenvalue weighted by atomic mass is 10.1. The zero-order chi connectivity index (χ0) is 22.8. The number of nitrogens with one attached hydrogen (secondary N) is 1. The van der Waals surface area contributed by atoms with Crippen LogP contribution in [0.25, 0.3) is 5.95 Å². The largest absolute Gasteiger partial charge is 0.334 e. The Morgan fingerprint density at radius 2 is 1.75 bits per heavy atom. The second kappa shape index (κ2) is 9.23. The van der Waals surface area contributed by atoms with Crippen LogP contribution in [0.3, 0.4) is 0 Å². The van der Waals surface area contributed by atoms with E-state index < -0.39 is 5.25 Å². The first-order valence-corrected chi connectivity index (χ1v) is 11.2. The molecule has 0 saturated heterocycles. The summed E-state index contributed by atoms with van der Waals surface area (Å²) in [5, 5.41) is 16.2. The van der Waals surface area contributed by atoms with Gasteiger partial charge in [-0.1, -0.05) is 65.3 Å². The Morgan fingerprint density at radius 3 is 2.38 bits per heavy atom. The molecular formula is C21H19Cl2N7OS. The number of rotatable bonds is 6. The van der Waals surface area contributed by atoms with Crippen LogP contribution in [0.5, 0.6) is 0 Å².